The quantitative estimate of drug-likeness (QED) is 0.145. The average Bonchev–Trinajstić information content (AvgIpc) is 3.04. The van der Waals surface area contributed by atoms with Gasteiger partial charge in [-0.2, -0.15) is 4.99 Å². The van der Waals surface area contributed by atoms with E-state index in [9.17, 15) is 22.4 Å². The molecule has 0 bridgehead atoms. The Hall–Kier alpha value is -5.14. The summed E-state index contributed by atoms with van der Waals surface area (Å²) in [6.07, 6.45) is 3.17. The first-order valence-electron chi connectivity index (χ1n) is 14.3. The van der Waals surface area contributed by atoms with E-state index in [2.05, 4.69) is 15.3 Å². The number of nitrogens with zero attached hydrogens (tertiary/aromatic N) is 2. The molecular weight excluding hydrogens is 611 g/mol. The number of sulfone groups is 1. The van der Waals surface area contributed by atoms with Crippen LogP contribution in [0.4, 0.5) is 15.8 Å². The van der Waals surface area contributed by atoms with E-state index in [1.807, 2.05) is 12.1 Å². The first-order chi connectivity index (χ1) is 21.9. The summed E-state index contributed by atoms with van der Waals surface area (Å²) in [5.41, 5.74) is 9.01. The number of ether oxygens (including phenoxy) is 1. The number of benzene rings is 3. The van der Waals surface area contributed by atoms with E-state index in [1.165, 1.54) is 37.4 Å². The van der Waals surface area contributed by atoms with Gasteiger partial charge in [-0.15, -0.1) is 0 Å². The van der Waals surface area contributed by atoms with E-state index in [4.69, 9.17) is 15.9 Å². The van der Waals surface area contributed by atoms with Crippen LogP contribution in [0.15, 0.2) is 94.9 Å². The van der Waals surface area contributed by atoms with E-state index in [-0.39, 0.29) is 46.5 Å². The van der Waals surface area contributed by atoms with Crippen molar-refractivity contribution in [2.45, 2.75) is 30.6 Å². The van der Waals surface area contributed by atoms with Crippen molar-refractivity contribution in [1.82, 2.24) is 4.98 Å². The Balaban J connectivity index is 1.53. The molecule has 13 heteroatoms. The topological polar surface area (TPSA) is 171 Å². The van der Waals surface area contributed by atoms with Gasteiger partial charge in [0.25, 0.3) is 0 Å². The fraction of sp³-hybridized carbons (Fsp3) is 0.212. The van der Waals surface area contributed by atoms with Crippen molar-refractivity contribution in [3.8, 4) is 16.9 Å². The number of amides is 2. The summed E-state index contributed by atoms with van der Waals surface area (Å²) < 4.78 is 42.7. The lowest BCUT2D eigenvalue weighted by molar-refractivity contribution is -0.118. The molecule has 5 N–H and O–H groups in total. The highest BCUT2D eigenvalue weighted by molar-refractivity contribution is 7.90. The van der Waals surface area contributed by atoms with Crippen LogP contribution in [0.2, 0.25) is 0 Å². The monoisotopic (exact) mass is 646 g/mol. The number of carbonyl (C=O) groups excluding carboxylic acids is 2. The fourth-order valence-electron chi connectivity index (χ4n) is 4.53. The maximum absolute atomic E-state index is 13.2. The molecule has 0 saturated heterocycles. The molecule has 11 nitrogen and oxygen atoms in total. The van der Waals surface area contributed by atoms with Gasteiger partial charge in [0.1, 0.15) is 17.1 Å². The maximum atomic E-state index is 13.2. The second-order valence-electron chi connectivity index (χ2n) is 10.5. The molecule has 240 valence electrons. The van der Waals surface area contributed by atoms with Crippen molar-refractivity contribution in [2.75, 3.05) is 30.1 Å². The third-order valence-electron chi connectivity index (χ3n) is 7.15. The third-order valence-corrected chi connectivity index (χ3v) is 8.26. The van der Waals surface area contributed by atoms with Crippen LogP contribution in [0.25, 0.3) is 11.1 Å². The van der Waals surface area contributed by atoms with Crippen LogP contribution in [-0.2, 0) is 19.4 Å². The minimum Gasteiger partial charge on any atom is -0.495 e. The highest BCUT2D eigenvalue weighted by atomic mass is 32.2. The average molecular weight is 647 g/mol. The fourth-order valence-corrected chi connectivity index (χ4v) is 5.17. The second-order valence-corrected chi connectivity index (χ2v) is 12.5. The third kappa shape index (κ3) is 8.31. The van der Waals surface area contributed by atoms with Crippen LogP contribution < -0.4 is 26.2 Å². The van der Waals surface area contributed by atoms with E-state index < -0.39 is 27.6 Å². The number of methoxy groups -OCH3 is 1. The minimum absolute atomic E-state index is 0.00446. The van der Waals surface area contributed by atoms with Crippen LogP contribution in [0.1, 0.15) is 31.2 Å². The summed E-state index contributed by atoms with van der Waals surface area (Å²) in [6, 6.07) is 20.5. The van der Waals surface area contributed by atoms with Crippen LogP contribution in [0, 0.1) is 11.2 Å². The van der Waals surface area contributed by atoms with Gasteiger partial charge in [0.15, 0.2) is 9.84 Å². The normalized spacial score (nSPS) is 12.3. The molecule has 1 heterocycles. The number of pyridine rings is 1. The Morgan fingerprint density at radius 1 is 1.04 bits per heavy atom. The van der Waals surface area contributed by atoms with Crippen molar-refractivity contribution in [2.24, 2.45) is 10.7 Å². The summed E-state index contributed by atoms with van der Waals surface area (Å²) in [4.78, 5) is 34.3. The van der Waals surface area contributed by atoms with E-state index in [0.29, 0.717) is 17.7 Å². The largest absolute Gasteiger partial charge is 0.495 e. The van der Waals surface area contributed by atoms with Gasteiger partial charge in [0.05, 0.1) is 23.6 Å². The summed E-state index contributed by atoms with van der Waals surface area (Å²) in [7, 11) is -2.20. The summed E-state index contributed by atoms with van der Waals surface area (Å²) >= 11 is 0. The number of aromatic nitrogens is 1. The number of hydrogen-bond acceptors (Lipinski definition) is 7. The van der Waals surface area contributed by atoms with Crippen LogP contribution in [0.5, 0.6) is 5.75 Å². The van der Waals surface area contributed by atoms with Crippen molar-refractivity contribution in [1.29, 1.82) is 5.41 Å². The molecule has 3 aromatic carbocycles. The number of guanidine groups is 1. The predicted molar refractivity (Wildman–Crippen MR) is 175 cm³/mol. The smallest absolute Gasteiger partial charge is 0.234 e. The number of aromatic amines is 1. The number of halogens is 1. The van der Waals surface area contributed by atoms with Crippen molar-refractivity contribution < 1.29 is 27.1 Å². The molecule has 0 aliphatic rings. The van der Waals surface area contributed by atoms with Gasteiger partial charge in [-0.25, -0.2) is 17.7 Å². The molecule has 4 rings (SSSR count). The number of anilines is 2. The lowest BCUT2D eigenvalue weighted by Crippen LogP contribution is -2.37. The lowest BCUT2D eigenvalue weighted by atomic mass is 10.00. The van der Waals surface area contributed by atoms with Crippen molar-refractivity contribution in [3.63, 3.8) is 0 Å². The highest BCUT2D eigenvalue weighted by Gasteiger charge is 2.25. The Bertz CT molecular complexity index is 1890. The van der Waals surface area contributed by atoms with Gasteiger partial charge in [0.2, 0.25) is 17.8 Å². The van der Waals surface area contributed by atoms with E-state index in [1.54, 1.807) is 49.5 Å². The molecule has 0 radical (unpaired) electrons. The molecule has 46 heavy (non-hydrogen) atoms. The van der Waals surface area contributed by atoms with Crippen molar-refractivity contribution in [3.05, 3.63) is 102 Å². The zero-order valence-electron chi connectivity index (χ0n) is 25.6. The molecular formula is C33H35FN6O5S. The summed E-state index contributed by atoms with van der Waals surface area (Å²) in [6.45, 7) is 2.02. The molecule has 0 fully saturated rings. The molecule has 0 aliphatic heterocycles. The van der Waals surface area contributed by atoms with E-state index in [0.717, 1.165) is 22.3 Å². The Kier molecular flexibility index (Phi) is 10.8. The molecule has 1 atom stereocenters. The number of nitrogens with one attached hydrogen (secondary N) is 3. The predicted octanol–water partition coefficient (Wildman–Crippen LogP) is 4.58. The number of rotatable bonds is 10. The Labute approximate surface area is 266 Å². The molecule has 1 aromatic heterocycles. The van der Waals surface area contributed by atoms with Gasteiger partial charge in [-0.1, -0.05) is 24.3 Å². The number of hydrogen-bond donors (Lipinski definition) is 4. The SMILES string of the molecule is COc1cc(S(C)(=O)=O)ccc1N(C(=N)/N=c1/ccc(-c2ccc(NC(=O)[C@H](C)c3ccc(F)cc3)cc2)c[nH]1)C(=O)CCCN. The molecule has 2 amide bonds. The minimum atomic E-state index is -3.54. The van der Waals surface area contributed by atoms with Gasteiger partial charge in [0, 0.05) is 30.6 Å². The first-order valence-corrected chi connectivity index (χ1v) is 16.2. The Morgan fingerprint density at radius 2 is 1.72 bits per heavy atom. The summed E-state index contributed by atoms with van der Waals surface area (Å²) in [5.74, 6) is -1.83. The van der Waals surface area contributed by atoms with Crippen LogP contribution >= 0.6 is 0 Å². The Morgan fingerprint density at radius 3 is 2.30 bits per heavy atom. The second kappa shape index (κ2) is 14.8. The highest BCUT2D eigenvalue weighted by Crippen LogP contribution is 2.32. The molecule has 0 saturated carbocycles. The molecule has 0 spiro atoms. The molecule has 4 aromatic rings. The van der Waals surface area contributed by atoms with E-state index >= 15 is 0 Å². The molecule has 0 unspecified atom stereocenters. The van der Waals surface area contributed by atoms with Gasteiger partial charge in [-0.05, 0) is 85.1 Å². The van der Waals surface area contributed by atoms with Crippen LogP contribution in [-0.4, -0.2) is 51.1 Å². The number of nitrogens with two attached hydrogens (primary N) is 1. The first kappa shape index (κ1) is 33.7. The van der Waals surface area contributed by atoms with Gasteiger partial charge >= 0.3 is 0 Å². The van der Waals surface area contributed by atoms with Crippen LogP contribution in [0.3, 0.4) is 0 Å². The number of H-pyrrole nitrogens is 1. The zero-order chi connectivity index (χ0) is 33.4. The maximum Gasteiger partial charge on any atom is 0.234 e. The van der Waals surface area contributed by atoms with Crippen molar-refractivity contribution >= 4 is 39.0 Å². The number of carbonyl (C=O) groups is 2. The summed E-state index contributed by atoms with van der Waals surface area (Å²) in [5, 5.41) is 11.6. The standard InChI is InChI=1S/C33H35FN6O5S/c1-21(22-6-11-25(34)12-7-22)32(42)38-26-13-8-23(9-14-26)24-10-17-30(37-20-24)39-33(36)40(31(41)5-4-18-35)28-16-15-27(46(3,43)44)19-29(28)45-2/h6-17,19-21H,4-5,18,35H2,1-3H3,(H,38,42)(H2,36,37,39)/t21-/m1/s1. The zero-order valence-corrected chi connectivity index (χ0v) is 26.4. The van der Waals surface area contributed by atoms with Gasteiger partial charge in [-0.3, -0.25) is 15.0 Å². The van der Waals surface area contributed by atoms with Gasteiger partial charge < -0.3 is 20.8 Å². The molecule has 0 aliphatic carbocycles. The lowest BCUT2D eigenvalue weighted by Gasteiger charge is -2.23.